The molecular weight excluding hydrogens is 440 g/mol. The maximum Gasteiger partial charge on any atom is 0.295 e. The number of thiocarbonyl (C=S) groups is 1. The Kier molecular flexibility index (Phi) is 6.80. The molecule has 0 atom stereocenters. The van der Waals surface area contributed by atoms with Crippen molar-refractivity contribution in [1.82, 2.24) is 0 Å². The van der Waals surface area contributed by atoms with Crippen LogP contribution in [0.3, 0.4) is 0 Å². The third-order valence-corrected chi connectivity index (χ3v) is 5.42. The SMILES string of the molecule is CC(=O)Nc1ccc(C=C(N=C=S)c2ccccc2S(=O)(=O)O)c(S(=O)(=O)O)c1. The van der Waals surface area contributed by atoms with Crippen molar-refractivity contribution >= 4 is 61.0 Å². The Morgan fingerprint density at radius 3 is 2.24 bits per heavy atom. The fraction of sp³-hybridized carbons (Fsp3) is 0.0588. The van der Waals surface area contributed by atoms with Crippen molar-refractivity contribution in [3.05, 3.63) is 53.6 Å². The lowest BCUT2D eigenvalue weighted by molar-refractivity contribution is -0.114. The number of carbonyl (C=O) groups excluding carboxylic acids is 1. The van der Waals surface area contributed by atoms with Gasteiger partial charge in [0.2, 0.25) is 5.91 Å². The summed E-state index contributed by atoms with van der Waals surface area (Å²) in [5, 5.41) is 4.44. The van der Waals surface area contributed by atoms with Gasteiger partial charge in [0.05, 0.1) is 10.9 Å². The molecule has 0 radical (unpaired) electrons. The molecule has 0 heterocycles. The van der Waals surface area contributed by atoms with Gasteiger partial charge in [-0.2, -0.15) is 21.8 Å². The van der Waals surface area contributed by atoms with Gasteiger partial charge in [-0.3, -0.25) is 13.9 Å². The van der Waals surface area contributed by atoms with Crippen molar-refractivity contribution in [2.75, 3.05) is 5.32 Å². The summed E-state index contributed by atoms with van der Waals surface area (Å²) in [6.45, 7) is 1.22. The molecule has 9 nitrogen and oxygen atoms in total. The maximum atomic E-state index is 11.8. The van der Waals surface area contributed by atoms with Gasteiger partial charge in [-0.1, -0.05) is 24.3 Å². The van der Waals surface area contributed by atoms with E-state index in [0.717, 1.165) is 18.2 Å². The maximum absolute atomic E-state index is 11.8. The van der Waals surface area contributed by atoms with Crippen LogP contribution in [0.5, 0.6) is 0 Å². The van der Waals surface area contributed by atoms with Crippen LogP contribution in [0.25, 0.3) is 11.8 Å². The van der Waals surface area contributed by atoms with Gasteiger partial charge in [0.25, 0.3) is 20.2 Å². The van der Waals surface area contributed by atoms with Gasteiger partial charge < -0.3 is 5.32 Å². The van der Waals surface area contributed by atoms with E-state index >= 15 is 0 Å². The molecule has 0 aromatic heterocycles. The highest BCUT2D eigenvalue weighted by Gasteiger charge is 2.20. The molecule has 12 heteroatoms. The van der Waals surface area contributed by atoms with E-state index in [9.17, 15) is 30.7 Å². The highest BCUT2D eigenvalue weighted by molar-refractivity contribution is 7.86. The van der Waals surface area contributed by atoms with E-state index in [1.54, 1.807) is 0 Å². The molecule has 0 aliphatic rings. The number of hydrogen-bond donors (Lipinski definition) is 3. The van der Waals surface area contributed by atoms with Crippen molar-refractivity contribution in [3.8, 4) is 0 Å². The third kappa shape index (κ3) is 5.87. The quantitative estimate of drug-likeness (QED) is 0.261. The van der Waals surface area contributed by atoms with Gasteiger partial charge >= 0.3 is 0 Å². The molecule has 0 aliphatic heterocycles. The van der Waals surface area contributed by atoms with Gasteiger partial charge in [-0.25, -0.2) is 0 Å². The van der Waals surface area contributed by atoms with Gasteiger partial charge in [0.15, 0.2) is 0 Å². The molecule has 29 heavy (non-hydrogen) atoms. The molecule has 2 aromatic rings. The fourth-order valence-electron chi connectivity index (χ4n) is 2.43. The summed E-state index contributed by atoms with van der Waals surface area (Å²) in [7, 11) is -9.35. The van der Waals surface area contributed by atoms with Crippen LogP contribution in [-0.4, -0.2) is 37.0 Å². The van der Waals surface area contributed by atoms with Gasteiger partial charge in [-0.05, 0) is 42.1 Å². The Balaban J connectivity index is 2.79. The van der Waals surface area contributed by atoms with Crippen molar-refractivity contribution in [1.29, 1.82) is 0 Å². The van der Waals surface area contributed by atoms with Gasteiger partial charge in [0, 0.05) is 18.2 Å². The number of amides is 1. The number of carbonyl (C=O) groups is 1. The molecule has 0 aliphatic carbocycles. The van der Waals surface area contributed by atoms with Crippen molar-refractivity contribution < 1.29 is 30.7 Å². The monoisotopic (exact) mass is 454 g/mol. The van der Waals surface area contributed by atoms with Gasteiger partial charge in [0.1, 0.15) is 9.79 Å². The zero-order chi connectivity index (χ0) is 21.8. The fourth-order valence-corrected chi connectivity index (χ4v) is 3.93. The zero-order valence-electron chi connectivity index (χ0n) is 14.7. The summed E-state index contributed by atoms with van der Waals surface area (Å²) in [5.41, 5.74) is -0.166. The number of aliphatic imine (C=N–C) groups is 1. The van der Waals surface area contributed by atoms with Crippen LogP contribution < -0.4 is 5.32 Å². The van der Waals surface area contributed by atoms with Crippen molar-refractivity contribution in [2.24, 2.45) is 4.99 Å². The Morgan fingerprint density at radius 2 is 1.69 bits per heavy atom. The summed E-state index contributed by atoms with van der Waals surface area (Å²) in [6.07, 6.45) is 1.14. The predicted octanol–water partition coefficient (Wildman–Crippen LogP) is 2.74. The van der Waals surface area contributed by atoms with E-state index in [0.29, 0.717) is 0 Å². The van der Waals surface area contributed by atoms with Gasteiger partial charge in [-0.15, -0.1) is 0 Å². The third-order valence-electron chi connectivity index (χ3n) is 3.51. The molecule has 1 amide bonds. The van der Waals surface area contributed by atoms with E-state index in [1.807, 2.05) is 0 Å². The summed E-state index contributed by atoms with van der Waals surface area (Å²) in [4.78, 5) is 13.9. The Hall–Kier alpha value is -2.73. The number of anilines is 1. The van der Waals surface area contributed by atoms with E-state index in [1.165, 1.54) is 37.3 Å². The minimum Gasteiger partial charge on any atom is -0.326 e. The van der Waals surface area contributed by atoms with Crippen molar-refractivity contribution in [3.63, 3.8) is 0 Å². The van der Waals surface area contributed by atoms with Crippen LogP contribution >= 0.6 is 12.2 Å². The number of benzene rings is 2. The van der Waals surface area contributed by atoms with Crippen molar-refractivity contribution in [2.45, 2.75) is 16.7 Å². The first-order chi connectivity index (χ1) is 13.4. The molecule has 0 fully saturated rings. The highest BCUT2D eigenvalue weighted by atomic mass is 32.2. The Morgan fingerprint density at radius 1 is 1.07 bits per heavy atom. The number of nitrogens with zero attached hydrogens (tertiary/aromatic N) is 1. The van der Waals surface area contributed by atoms with E-state index in [-0.39, 0.29) is 22.5 Å². The number of isothiocyanates is 1. The van der Waals surface area contributed by atoms with E-state index in [4.69, 9.17) is 0 Å². The smallest absolute Gasteiger partial charge is 0.295 e. The second-order valence-electron chi connectivity index (χ2n) is 5.61. The first-order valence-corrected chi connectivity index (χ1v) is 11.0. The summed E-state index contributed by atoms with van der Waals surface area (Å²) in [5.74, 6) is -0.456. The normalized spacial score (nSPS) is 12.2. The van der Waals surface area contributed by atoms with Crippen LogP contribution in [-0.2, 0) is 25.0 Å². The Bertz CT molecular complexity index is 1260. The first kappa shape index (κ1) is 22.6. The molecule has 0 bridgehead atoms. The number of nitrogens with one attached hydrogen (secondary N) is 1. The van der Waals surface area contributed by atoms with Crippen LogP contribution in [0.4, 0.5) is 5.69 Å². The number of hydrogen-bond acceptors (Lipinski definition) is 7. The Labute approximate surface area is 172 Å². The largest absolute Gasteiger partial charge is 0.326 e. The molecule has 0 unspecified atom stereocenters. The second-order valence-corrected chi connectivity index (χ2v) is 8.58. The average molecular weight is 455 g/mol. The molecule has 0 spiro atoms. The standard InChI is InChI=1S/C17H14N2O7S3/c1-11(20)19-13-7-6-12(17(9-13)29(24,25)26)8-15(18-10-27)14-4-2-3-5-16(14)28(21,22)23/h2-9H,1H3,(H,19,20)(H,21,22,23)(H,24,25,26). The second kappa shape index (κ2) is 8.74. The molecule has 2 aromatic carbocycles. The van der Waals surface area contributed by atoms with Crippen LogP contribution in [0.1, 0.15) is 18.1 Å². The van der Waals surface area contributed by atoms with Crippen LogP contribution in [0.2, 0.25) is 0 Å². The first-order valence-electron chi connectivity index (χ1n) is 7.69. The molecule has 0 saturated carbocycles. The van der Waals surface area contributed by atoms with Crippen LogP contribution in [0, 0.1) is 0 Å². The van der Waals surface area contributed by atoms with E-state index in [2.05, 4.69) is 27.7 Å². The van der Waals surface area contributed by atoms with Crippen LogP contribution in [0.15, 0.2) is 57.2 Å². The summed E-state index contributed by atoms with van der Waals surface area (Å²) in [6, 6.07) is 8.96. The minimum absolute atomic E-state index is 0.0698. The molecular formula is C17H14N2O7S3. The van der Waals surface area contributed by atoms with E-state index < -0.39 is 35.9 Å². The number of rotatable bonds is 6. The summed E-state index contributed by atoms with van der Waals surface area (Å²) >= 11 is 4.57. The summed E-state index contributed by atoms with van der Waals surface area (Å²) < 4.78 is 65.9. The molecule has 152 valence electrons. The molecule has 3 N–H and O–H groups in total. The lowest BCUT2D eigenvalue weighted by atomic mass is 10.1. The lowest BCUT2D eigenvalue weighted by Crippen LogP contribution is -2.08. The topological polar surface area (TPSA) is 150 Å². The highest BCUT2D eigenvalue weighted by Crippen LogP contribution is 2.29. The molecule has 0 saturated heterocycles. The molecule has 2 rings (SSSR count). The average Bonchev–Trinajstić information content (AvgIpc) is 2.60. The lowest BCUT2D eigenvalue weighted by Gasteiger charge is -2.10. The zero-order valence-corrected chi connectivity index (χ0v) is 17.2. The predicted molar refractivity (Wildman–Crippen MR) is 110 cm³/mol. The minimum atomic E-state index is -4.72.